The van der Waals surface area contributed by atoms with Gasteiger partial charge in [-0.25, -0.2) is 13.6 Å². The van der Waals surface area contributed by atoms with E-state index in [-0.39, 0.29) is 19.5 Å². The van der Waals surface area contributed by atoms with Crippen molar-refractivity contribution in [1.29, 1.82) is 0 Å². The van der Waals surface area contributed by atoms with E-state index in [9.17, 15) is 18.4 Å². The zero-order valence-corrected chi connectivity index (χ0v) is 10.7. The first kappa shape index (κ1) is 14.4. The molecule has 1 N–H and O–H groups in total. The molecule has 1 aliphatic rings. The summed E-state index contributed by atoms with van der Waals surface area (Å²) in [6.45, 7) is -0.0947. The summed E-state index contributed by atoms with van der Waals surface area (Å²) >= 11 is 0. The van der Waals surface area contributed by atoms with Crippen LogP contribution in [0.1, 0.15) is 16.8 Å². The van der Waals surface area contributed by atoms with Crippen LogP contribution >= 0.6 is 0 Å². The molecule has 0 spiro atoms. The third-order valence-electron chi connectivity index (χ3n) is 3.46. The van der Waals surface area contributed by atoms with Gasteiger partial charge in [-0.15, -0.1) is 0 Å². The number of carbonyl (C=O) groups excluding carboxylic acids is 1. The molecule has 1 amide bonds. The number of rotatable bonds is 3. The van der Waals surface area contributed by atoms with Crippen molar-refractivity contribution >= 4 is 11.9 Å². The number of methoxy groups -OCH3 is 1. The molecule has 1 fully saturated rings. The maximum atomic E-state index is 13.5. The SMILES string of the molecule is COC1(C(=O)O)CCN(C(=O)c2cc(F)ccc2F)C1. The highest BCUT2D eigenvalue weighted by Crippen LogP contribution is 2.27. The van der Waals surface area contributed by atoms with Gasteiger partial charge < -0.3 is 14.7 Å². The normalized spacial score (nSPS) is 22.1. The van der Waals surface area contributed by atoms with Crippen LogP contribution in [0.3, 0.4) is 0 Å². The molecule has 1 aromatic rings. The number of nitrogens with zero attached hydrogens (tertiary/aromatic N) is 1. The van der Waals surface area contributed by atoms with Gasteiger partial charge in [-0.05, 0) is 18.2 Å². The zero-order valence-electron chi connectivity index (χ0n) is 10.7. The molecule has 0 radical (unpaired) electrons. The van der Waals surface area contributed by atoms with E-state index >= 15 is 0 Å². The van der Waals surface area contributed by atoms with Crippen LogP contribution < -0.4 is 0 Å². The molecule has 1 heterocycles. The van der Waals surface area contributed by atoms with E-state index in [0.29, 0.717) is 0 Å². The largest absolute Gasteiger partial charge is 0.479 e. The lowest BCUT2D eigenvalue weighted by Gasteiger charge is -2.23. The maximum Gasteiger partial charge on any atom is 0.337 e. The van der Waals surface area contributed by atoms with Gasteiger partial charge in [0.15, 0.2) is 5.60 Å². The molecule has 0 aliphatic carbocycles. The van der Waals surface area contributed by atoms with E-state index in [1.807, 2.05) is 0 Å². The minimum atomic E-state index is -1.49. The third-order valence-corrected chi connectivity index (χ3v) is 3.46. The molecule has 108 valence electrons. The molecule has 5 nitrogen and oxygen atoms in total. The van der Waals surface area contributed by atoms with Gasteiger partial charge >= 0.3 is 5.97 Å². The second-order valence-corrected chi connectivity index (χ2v) is 4.60. The first-order chi connectivity index (χ1) is 9.39. The average molecular weight is 285 g/mol. The highest BCUT2D eigenvalue weighted by molar-refractivity contribution is 5.95. The lowest BCUT2D eigenvalue weighted by atomic mass is 10.0. The van der Waals surface area contributed by atoms with Crippen molar-refractivity contribution in [3.63, 3.8) is 0 Å². The van der Waals surface area contributed by atoms with Gasteiger partial charge in [0.1, 0.15) is 11.6 Å². The number of carboxylic acid groups (broad SMARTS) is 1. The van der Waals surface area contributed by atoms with E-state index in [1.54, 1.807) is 0 Å². The molecular formula is C13H13F2NO4. The van der Waals surface area contributed by atoms with Crippen molar-refractivity contribution in [2.45, 2.75) is 12.0 Å². The Labute approximate surface area is 113 Å². The average Bonchev–Trinajstić information content (AvgIpc) is 2.86. The van der Waals surface area contributed by atoms with Crippen molar-refractivity contribution in [3.05, 3.63) is 35.4 Å². The van der Waals surface area contributed by atoms with Crippen LogP contribution in [-0.4, -0.2) is 47.7 Å². The van der Waals surface area contributed by atoms with Gasteiger partial charge in [-0.2, -0.15) is 0 Å². The molecule has 1 aliphatic heterocycles. The molecule has 1 aromatic carbocycles. The Bertz CT molecular complexity index is 563. The smallest absolute Gasteiger partial charge is 0.337 e. The van der Waals surface area contributed by atoms with Crippen LogP contribution in [0.4, 0.5) is 8.78 Å². The first-order valence-electron chi connectivity index (χ1n) is 5.92. The monoisotopic (exact) mass is 285 g/mol. The minimum Gasteiger partial charge on any atom is -0.479 e. The predicted molar refractivity (Wildman–Crippen MR) is 64.3 cm³/mol. The number of halogens is 2. The Kier molecular flexibility index (Phi) is 3.71. The summed E-state index contributed by atoms with van der Waals surface area (Å²) < 4.78 is 31.6. The quantitative estimate of drug-likeness (QED) is 0.908. The van der Waals surface area contributed by atoms with Crippen LogP contribution in [0.5, 0.6) is 0 Å². The summed E-state index contributed by atoms with van der Waals surface area (Å²) in [4.78, 5) is 24.4. The highest BCUT2D eigenvalue weighted by Gasteiger charge is 2.47. The van der Waals surface area contributed by atoms with E-state index in [1.165, 1.54) is 7.11 Å². The van der Waals surface area contributed by atoms with E-state index in [2.05, 4.69) is 0 Å². The van der Waals surface area contributed by atoms with Crippen LogP contribution in [0.25, 0.3) is 0 Å². The Morgan fingerprint density at radius 3 is 2.65 bits per heavy atom. The van der Waals surface area contributed by atoms with Crippen molar-refractivity contribution in [2.75, 3.05) is 20.2 Å². The van der Waals surface area contributed by atoms with Crippen molar-refractivity contribution in [1.82, 2.24) is 4.90 Å². The molecule has 1 atom stereocenters. The van der Waals surface area contributed by atoms with E-state index in [4.69, 9.17) is 9.84 Å². The molecule has 0 bridgehead atoms. The molecular weight excluding hydrogens is 272 g/mol. The lowest BCUT2D eigenvalue weighted by Crippen LogP contribution is -2.44. The number of aliphatic carboxylic acids is 1. The van der Waals surface area contributed by atoms with Gasteiger partial charge in [0.2, 0.25) is 0 Å². The van der Waals surface area contributed by atoms with Crippen LogP contribution in [0, 0.1) is 11.6 Å². The van der Waals surface area contributed by atoms with Gasteiger partial charge in [0.05, 0.1) is 12.1 Å². The zero-order chi connectivity index (χ0) is 14.9. The summed E-state index contributed by atoms with van der Waals surface area (Å²) in [5.41, 5.74) is -1.90. The second kappa shape index (κ2) is 5.16. The predicted octanol–water partition coefficient (Wildman–Crippen LogP) is 1.28. The Morgan fingerprint density at radius 2 is 2.10 bits per heavy atom. The Morgan fingerprint density at radius 1 is 1.40 bits per heavy atom. The standard InChI is InChI=1S/C13H13F2NO4/c1-20-13(12(18)19)4-5-16(7-13)11(17)9-6-8(14)2-3-10(9)15/h2-3,6H,4-5,7H2,1H3,(H,18,19). The summed E-state index contributed by atoms with van der Waals surface area (Å²) in [6, 6.07) is 2.57. The number of carboxylic acids is 1. The number of ether oxygens (including phenoxy) is 1. The second-order valence-electron chi connectivity index (χ2n) is 4.60. The molecule has 7 heteroatoms. The van der Waals surface area contributed by atoms with Crippen LogP contribution in [-0.2, 0) is 9.53 Å². The minimum absolute atomic E-state index is 0.0987. The van der Waals surface area contributed by atoms with Crippen LogP contribution in [0.2, 0.25) is 0 Å². The summed E-state index contributed by atoms with van der Waals surface area (Å²) in [6.07, 6.45) is 0.0987. The Hall–Kier alpha value is -2.02. The van der Waals surface area contributed by atoms with Crippen molar-refractivity contribution in [3.8, 4) is 0 Å². The summed E-state index contributed by atoms with van der Waals surface area (Å²) in [5, 5.41) is 9.14. The van der Waals surface area contributed by atoms with Gasteiger partial charge in [-0.3, -0.25) is 4.79 Å². The fourth-order valence-corrected chi connectivity index (χ4v) is 2.22. The highest BCUT2D eigenvalue weighted by atomic mass is 19.1. The van der Waals surface area contributed by atoms with Gasteiger partial charge in [0, 0.05) is 20.1 Å². The van der Waals surface area contributed by atoms with Crippen LogP contribution in [0.15, 0.2) is 18.2 Å². The number of amides is 1. The number of hydrogen-bond donors (Lipinski definition) is 1. The summed E-state index contributed by atoms with van der Waals surface area (Å²) in [7, 11) is 1.24. The molecule has 1 unspecified atom stereocenters. The molecule has 0 saturated carbocycles. The maximum absolute atomic E-state index is 13.5. The number of hydrogen-bond acceptors (Lipinski definition) is 3. The fraction of sp³-hybridized carbons (Fsp3) is 0.385. The van der Waals surface area contributed by atoms with E-state index in [0.717, 1.165) is 23.1 Å². The van der Waals surface area contributed by atoms with Gasteiger partial charge in [0.25, 0.3) is 5.91 Å². The number of likely N-dealkylation sites (tertiary alicyclic amines) is 1. The molecule has 2 rings (SSSR count). The lowest BCUT2D eigenvalue weighted by molar-refractivity contribution is -0.160. The number of carbonyl (C=O) groups is 2. The van der Waals surface area contributed by atoms with Crippen molar-refractivity contribution in [2.24, 2.45) is 0 Å². The fourth-order valence-electron chi connectivity index (χ4n) is 2.22. The van der Waals surface area contributed by atoms with Gasteiger partial charge in [-0.1, -0.05) is 0 Å². The first-order valence-corrected chi connectivity index (χ1v) is 5.92. The molecule has 1 saturated heterocycles. The summed E-state index contributed by atoms with van der Waals surface area (Å²) in [5.74, 6) is -3.51. The van der Waals surface area contributed by atoms with Crippen molar-refractivity contribution < 1.29 is 28.2 Å². The topological polar surface area (TPSA) is 66.8 Å². The molecule has 0 aromatic heterocycles. The third kappa shape index (κ3) is 2.36. The molecule has 20 heavy (non-hydrogen) atoms. The Balaban J connectivity index is 2.24. The van der Waals surface area contributed by atoms with E-state index < -0.39 is 34.7 Å². The number of benzene rings is 1.